The van der Waals surface area contributed by atoms with Gasteiger partial charge in [-0.1, -0.05) is 42.0 Å². The molecule has 1 fully saturated rings. The molecule has 8 heteroatoms. The monoisotopic (exact) mass is 446 g/mol. The van der Waals surface area contributed by atoms with Crippen LogP contribution in [0.5, 0.6) is 5.75 Å². The molecule has 0 spiro atoms. The first kappa shape index (κ1) is 22.1. The molecule has 1 amide bonds. The zero-order chi connectivity index (χ0) is 23.2. The third-order valence-electron chi connectivity index (χ3n) is 5.33. The lowest BCUT2D eigenvalue weighted by molar-refractivity contribution is -0.133. The molecule has 7 nitrogen and oxygen atoms in total. The smallest absolute Gasteiger partial charge is 0.260 e. The fourth-order valence-corrected chi connectivity index (χ4v) is 3.48. The number of ether oxygens (including phenoxy) is 1. The summed E-state index contributed by atoms with van der Waals surface area (Å²) >= 11 is 0. The van der Waals surface area contributed by atoms with Crippen molar-refractivity contribution in [1.82, 2.24) is 9.88 Å². The summed E-state index contributed by atoms with van der Waals surface area (Å²) in [5.74, 6) is 0.0695. The second-order valence-electron chi connectivity index (χ2n) is 7.65. The van der Waals surface area contributed by atoms with Crippen LogP contribution < -0.4 is 9.64 Å². The summed E-state index contributed by atoms with van der Waals surface area (Å²) in [5, 5.41) is 9.48. The maximum atomic E-state index is 13.7. The fourth-order valence-electron chi connectivity index (χ4n) is 3.48. The van der Waals surface area contributed by atoms with Crippen LogP contribution in [-0.4, -0.2) is 48.6 Å². The zero-order valence-corrected chi connectivity index (χ0v) is 18.2. The molecule has 33 heavy (non-hydrogen) atoms. The number of carbonyl (C=O) groups excluding carboxylic acids is 1. The highest BCUT2D eigenvalue weighted by atomic mass is 19.1. The van der Waals surface area contributed by atoms with E-state index in [-0.39, 0.29) is 24.0 Å². The van der Waals surface area contributed by atoms with Crippen LogP contribution >= 0.6 is 0 Å². The van der Waals surface area contributed by atoms with E-state index in [0.29, 0.717) is 38.0 Å². The van der Waals surface area contributed by atoms with Gasteiger partial charge >= 0.3 is 0 Å². The maximum absolute atomic E-state index is 13.7. The van der Waals surface area contributed by atoms with Crippen molar-refractivity contribution >= 4 is 23.9 Å². The summed E-state index contributed by atoms with van der Waals surface area (Å²) in [5.41, 5.74) is 2.39. The van der Waals surface area contributed by atoms with Gasteiger partial charge in [0.15, 0.2) is 18.2 Å². The highest BCUT2D eigenvalue weighted by molar-refractivity contribution is 5.78. The van der Waals surface area contributed by atoms with Crippen LogP contribution in [0.3, 0.4) is 0 Å². The standard InChI is InChI=1S/C25H23FN4O3/c1-18-6-8-19(9-7-18)10-11-23-28-21(16-27)25(33-23)30-14-12-29(13-15-30)24(31)17-32-22-5-3-2-4-20(22)26/h2-11H,12-15,17H2,1H3/b11-10+. The zero-order valence-electron chi connectivity index (χ0n) is 18.2. The van der Waals surface area contributed by atoms with Crippen LogP contribution in [0.15, 0.2) is 52.9 Å². The Kier molecular flexibility index (Phi) is 6.69. The van der Waals surface area contributed by atoms with Gasteiger partial charge in [0.05, 0.1) is 0 Å². The molecule has 0 atom stereocenters. The quantitative estimate of drug-likeness (QED) is 0.571. The first-order chi connectivity index (χ1) is 16.0. The van der Waals surface area contributed by atoms with Gasteiger partial charge in [-0.25, -0.2) is 4.39 Å². The SMILES string of the molecule is Cc1ccc(/C=C/c2nc(C#N)c(N3CCN(C(=O)COc4ccccc4F)CC3)o2)cc1. The molecule has 0 bridgehead atoms. The van der Waals surface area contributed by atoms with Crippen molar-refractivity contribution in [3.8, 4) is 11.8 Å². The molecule has 1 aromatic heterocycles. The minimum absolute atomic E-state index is 0.0519. The molecule has 1 aliphatic heterocycles. The van der Waals surface area contributed by atoms with Crippen LogP contribution in [0, 0.1) is 24.1 Å². The summed E-state index contributed by atoms with van der Waals surface area (Å²) in [6, 6.07) is 16.1. The Labute approximate surface area is 191 Å². The van der Waals surface area contributed by atoms with Crippen molar-refractivity contribution in [1.29, 1.82) is 5.26 Å². The summed E-state index contributed by atoms with van der Waals surface area (Å²) in [7, 11) is 0. The number of rotatable bonds is 6. The predicted molar refractivity (Wildman–Crippen MR) is 122 cm³/mol. The van der Waals surface area contributed by atoms with Gasteiger partial charge in [-0.2, -0.15) is 10.2 Å². The fraction of sp³-hybridized carbons (Fsp3) is 0.240. The van der Waals surface area contributed by atoms with E-state index < -0.39 is 5.82 Å². The van der Waals surface area contributed by atoms with Gasteiger partial charge in [-0.3, -0.25) is 4.79 Å². The van der Waals surface area contributed by atoms with Crippen LogP contribution in [-0.2, 0) is 4.79 Å². The molecule has 3 aromatic rings. The van der Waals surface area contributed by atoms with Crippen molar-refractivity contribution in [2.75, 3.05) is 37.7 Å². The molecule has 0 N–H and O–H groups in total. The topological polar surface area (TPSA) is 82.6 Å². The van der Waals surface area contributed by atoms with E-state index >= 15 is 0 Å². The number of aryl methyl sites for hydroxylation is 1. The van der Waals surface area contributed by atoms with E-state index in [2.05, 4.69) is 11.1 Å². The molecule has 4 rings (SSSR count). The van der Waals surface area contributed by atoms with Crippen LogP contribution in [0.2, 0.25) is 0 Å². The highest BCUT2D eigenvalue weighted by Gasteiger charge is 2.26. The van der Waals surface area contributed by atoms with Gasteiger partial charge in [-0.15, -0.1) is 0 Å². The largest absolute Gasteiger partial charge is 0.481 e. The first-order valence-electron chi connectivity index (χ1n) is 10.6. The third-order valence-corrected chi connectivity index (χ3v) is 5.33. The van der Waals surface area contributed by atoms with Crippen molar-refractivity contribution in [3.63, 3.8) is 0 Å². The number of nitriles is 1. The van der Waals surface area contributed by atoms with Gasteiger partial charge in [0, 0.05) is 32.3 Å². The van der Waals surface area contributed by atoms with Crippen molar-refractivity contribution in [2.45, 2.75) is 6.92 Å². The van der Waals surface area contributed by atoms with Gasteiger partial charge < -0.3 is 19.0 Å². The molecule has 0 saturated carbocycles. The molecule has 1 saturated heterocycles. The average molecular weight is 446 g/mol. The molecule has 2 aromatic carbocycles. The number of para-hydroxylation sites is 1. The number of anilines is 1. The van der Waals surface area contributed by atoms with Gasteiger partial charge in [0.2, 0.25) is 17.5 Å². The minimum Gasteiger partial charge on any atom is -0.481 e. The lowest BCUT2D eigenvalue weighted by atomic mass is 10.1. The lowest BCUT2D eigenvalue weighted by Crippen LogP contribution is -2.50. The number of nitrogens with zero attached hydrogens (tertiary/aromatic N) is 4. The highest BCUT2D eigenvalue weighted by Crippen LogP contribution is 2.24. The molecule has 0 unspecified atom stereocenters. The normalized spacial score (nSPS) is 13.8. The summed E-state index contributed by atoms with van der Waals surface area (Å²) in [6.45, 7) is 3.61. The Hall–Kier alpha value is -4.12. The molecule has 1 aliphatic rings. The summed E-state index contributed by atoms with van der Waals surface area (Å²) in [6.07, 6.45) is 3.61. The number of aromatic nitrogens is 1. The van der Waals surface area contributed by atoms with Crippen LogP contribution in [0.1, 0.15) is 22.7 Å². The number of benzene rings is 2. The number of hydrogen-bond donors (Lipinski definition) is 0. The lowest BCUT2D eigenvalue weighted by Gasteiger charge is -2.34. The Bertz CT molecular complexity index is 1190. The van der Waals surface area contributed by atoms with E-state index in [1.807, 2.05) is 42.2 Å². The van der Waals surface area contributed by atoms with Gasteiger partial charge in [-0.05, 0) is 30.7 Å². The molecule has 168 valence electrons. The second kappa shape index (κ2) is 10.0. The molecule has 0 aliphatic carbocycles. The number of oxazole rings is 1. The van der Waals surface area contributed by atoms with Gasteiger partial charge in [0.25, 0.3) is 5.91 Å². The Morgan fingerprint density at radius 1 is 1.15 bits per heavy atom. The summed E-state index contributed by atoms with van der Waals surface area (Å²) in [4.78, 5) is 20.3. The van der Waals surface area contributed by atoms with Crippen LogP contribution in [0.25, 0.3) is 12.2 Å². The van der Waals surface area contributed by atoms with Crippen LogP contribution in [0.4, 0.5) is 10.3 Å². The maximum Gasteiger partial charge on any atom is 0.260 e. The van der Waals surface area contributed by atoms with E-state index in [4.69, 9.17) is 9.15 Å². The number of piperazine rings is 1. The Morgan fingerprint density at radius 3 is 2.58 bits per heavy atom. The van der Waals surface area contributed by atoms with Crippen molar-refractivity contribution in [2.24, 2.45) is 0 Å². The molecule has 2 heterocycles. The third kappa shape index (κ3) is 5.39. The first-order valence-corrected chi connectivity index (χ1v) is 10.6. The van der Waals surface area contributed by atoms with Gasteiger partial charge in [0.1, 0.15) is 6.07 Å². The second-order valence-corrected chi connectivity index (χ2v) is 7.65. The molecular formula is C25H23FN4O3. The minimum atomic E-state index is -0.503. The number of halogens is 1. The van der Waals surface area contributed by atoms with E-state index in [0.717, 1.165) is 5.56 Å². The average Bonchev–Trinajstić information content (AvgIpc) is 3.26. The molecule has 0 radical (unpaired) electrons. The number of hydrogen-bond acceptors (Lipinski definition) is 6. The van der Waals surface area contributed by atoms with Crippen molar-refractivity contribution < 1.29 is 18.3 Å². The summed E-state index contributed by atoms with van der Waals surface area (Å²) < 4.78 is 24.8. The predicted octanol–water partition coefficient (Wildman–Crippen LogP) is 3.89. The van der Waals surface area contributed by atoms with E-state index in [1.54, 1.807) is 23.1 Å². The van der Waals surface area contributed by atoms with E-state index in [9.17, 15) is 14.4 Å². The number of carbonyl (C=O) groups is 1. The Balaban J connectivity index is 1.35. The van der Waals surface area contributed by atoms with E-state index in [1.165, 1.54) is 17.7 Å². The number of amides is 1. The Morgan fingerprint density at radius 2 is 1.88 bits per heavy atom. The molecular weight excluding hydrogens is 423 g/mol. The van der Waals surface area contributed by atoms with Crippen molar-refractivity contribution in [3.05, 3.63) is 77.1 Å².